The lowest BCUT2D eigenvalue weighted by Gasteiger charge is -2.08. The number of aromatic nitrogens is 3. The molecule has 2 rings (SSSR count). The van der Waals surface area contributed by atoms with Crippen LogP contribution in [0.25, 0.3) is 11.0 Å². The van der Waals surface area contributed by atoms with Crippen molar-refractivity contribution in [2.75, 3.05) is 0 Å². The minimum atomic E-state index is -0.625. The van der Waals surface area contributed by atoms with E-state index in [0.29, 0.717) is 0 Å². The molecule has 5 heteroatoms. The van der Waals surface area contributed by atoms with Crippen molar-refractivity contribution in [2.45, 2.75) is 46.0 Å². The number of benzene rings is 1. The summed E-state index contributed by atoms with van der Waals surface area (Å²) in [6.07, 6.45) is 4.78. The highest BCUT2D eigenvalue weighted by molar-refractivity contribution is 5.72. The van der Waals surface area contributed by atoms with Crippen molar-refractivity contribution in [3.63, 3.8) is 0 Å². The molecule has 0 saturated carbocycles. The van der Waals surface area contributed by atoms with Crippen LogP contribution in [0, 0.1) is 5.92 Å². The third kappa shape index (κ3) is 5.38. The number of rotatable bonds is 6. The Labute approximate surface area is 119 Å². The molecule has 0 radical (unpaired) electrons. The van der Waals surface area contributed by atoms with Crippen LogP contribution in [0.2, 0.25) is 0 Å². The molecule has 1 unspecified atom stereocenters. The van der Waals surface area contributed by atoms with E-state index in [2.05, 4.69) is 22.3 Å². The Kier molecular flexibility index (Phi) is 7.32. The summed E-state index contributed by atoms with van der Waals surface area (Å²) in [5.74, 6) is -0.722. The van der Waals surface area contributed by atoms with Crippen molar-refractivity contribution >= 4 is 17.0 Å². The number of carboxylic acids is 1. The summed E-state index contributed by atoms with van der Waals surface area (Å²) in [5, 5.41) is 19.0. The van der Waals surface area contributed by atoms with Gasteiger partial charge in [0.15, 0.2) is 0 Å². The number of hydrogen-bond acceptors (Lipinski definition) is 3. The van der Waals surface area contributed by atoms with Gasteiger partial charge in [0, 0.05) is 0 Å². The maximum absolute atomic E-state index is 10.6. The topological polar surface area (TPSA) is 78.9 Å². The van der Waals surface area contributed by atoms with Crippen LogP contribution in [0.4, 0.5) is 0 Å². The number of fused-ring (bicyclic) bond motifs is 1. The van der Waals surface area contributed by atoms with Gasteiger partial charge in [-0.1, -0.05) is 45.2 Å². The molecule has 1 atom stereocenters. The van der Waals surface area contributed by atoms with Crippen molar-refractivity contribution in [1.29, 1.82) is 0 Å². The first-order valence-corrected chi connectivity index (χ1v) is 7.17. The fraction of sp³-hybridized carbons (Fsp3) is 0.533. The van der Waals surface area contributed by atoms with Gasteiger partial charge in [0.1, 0.15) is 11.0 Å². The molecular weight excluding hydrogens is 254 g/mol. The zero-order chi connectivity index (χ0) is 14.8. The molecule has 0 aliphatic heterocycles. The van der Waals surface area contributed by atoms with Gasteiger partial charge in [0.2, 0.25) is 0 Å². The van der Waals surface area contributed by atoms with Crippen LogP contribution in [0.5, 0.6) is 0 Å². The molecule has 0 fully saturated rings. The van der Waals surface area contributed by atoms with Gasteiger partial charge in [0.25, 0.3) is 0 Å². The molecule has 0 spiro atoms. The van der Waals surface area contributed by atoms with Crippen molar-refractivity contribution in [2.24, 2.45) is 5.92 Å². The highest BCUT2D eigenvalue weighted by Gasteiger charge is 2.14. The Morgan fingerprint density at radius 3 is 2.20 bits per heavy atom. The van der Waals surface area contributed by atoms with E-state index in [1.54, 1.807) is 0 Å². The zero-order valence-corrected chi connectivity index (χ0v) is 12.2. The lowest BCUT2D eigenvalue weighted by molar-refractivity contribution is -0.142. The maximum atomic E-state index is 10.6. The number of H-pyrrole nitrogens is 1. The molecule has 2 aromatic rings. The molecule has 0 aliphatic rings. The molecule has 20 heavy (non-hydrogen) atoms. The molecule has 1 aromatic carbocycles. The van der Waals surface area contributed by atoms with Gasteiger partial charge in [-0.05, 0) is 25.0 Å². The summed E-state index contributed by atoms with van der Waals surface area (Å²) in [7, 11) is 0. The summed E-state index contributed by atoms with van der Waals surface area (Å²) < 4.78 is 0. The van der Waals surface area contributed by atoms with E-state index in [4.69, 9.17) is 5.11 Å². The monoisotopic (exact) mass is 277 g/mol. The molecule has 5 nitrogen and oxygen atoms in total. The number of unbranched alkanes of at least 4 members (excludes halogenated alkanes) is 1. The van der Waals surface area contributed by atoms with Gasteiger partial charge in [-0.3, -0.25) is 4.79 Å². The van der Waals surface area contributed by atoms with Gasteiger partial charge in [0.05, 0.1) is 5.92 Å². The smallest absolute Gasteiger partial charge is 0.306 e. The predicted octanol–water partition coefficient (Wildman–Crippen LogP) is 3.64. The Hall–Kier alpha value is -1.91. The van der Waals surface area contributed by atoms with Crippen molar-refractivity contribution in [1.82, 2.24) is 15.4 Å². The largest absolute Gasteiger partial charge is 0.481 e. The van der Waals surface area contributed by atoms with Crippen LogP contribution in [-0.4, -0.2) is 26.5 Å². The van der Waals surface area contributed by atoms with Crippen molar-refractivity contribution in [3.05, 3.63) is 24.3 Å². The number of aliphatic carboxylic acids is 1. The molecule has 0 bridgehead atoms. The highest BCUT2D eigenvalue weighted by Crippen LogP contribution is 2.14. The van der Waals surface area contributed by atoms with E-state index in [9.17, 15) is 4.79 Å². The summed E-state index contributed by atoms with van der Waals surface area (Å²) in [6.45, 7) is 4.12. The maximum Gasteiger partial charge on any atom is 0.306 e. The molecule has 0 amide bonds. The predicted molar refractivity (Wildman–Crippen MR) is 79.4 cm³/mol. The van der Waals surface area contributed by atoms with E-state index in [0.717, 1.165) is 43.1 Å². The summed E-state index contributed by atoms with van der Waals surface area (Å²) in [6, 6.07) is 7.70. The van der Waals surface area contributed by atoms with Crippen LogP contribution in [-0.2, 0) is 4.79 Å². The fourth-order valence-corrected chi connectivity index (χ4v) is 1.98. The Morgan fingerprint density at radius 2 is 1.75 bits per heavy atom. The number of carbonyl (C=O) groups is 1. The first-order chi connectivity index (χ1) is 9.69. The van der Waals surface area contributed by atoms with Crippen molar-refractivity contribution < 1.29 is 9.90 Å². The second-order valence-corrected chi connectivity index (χ2v) is 4.78. The third-order valence-corrected chi connectivity index (χ3v) is 3.12. The summed E-state index contributed by atoms with van der Waals surface area (Å²) in [4.78, 5) is 10.6. The number of hydrogen-bond donors (Lipinski definition) is 2. The standard InChI is InChI=1S/C9H18O2.C6H5N3/c1-3-5-7-8(6-4-2)9(10)11;1-2-4-6-5(3-1)7-9-8-6/h8H,3-7H2,1-2H3,(H,10,11);1-4H,(H,7,8,9). The van der Waals surface area contributed by atoms with E-state index in [1.807, 2.05) is 31.2 Å². The summed E-state index contributed by atoms with van der Waals surface area (Å²) in [5.41, 5.74) is 1.83. The molecule has 0 saturated heterocycles. The molecular formula is C15H23N3O2. The highest BCUT2D eigenvalue weighted by atomic mass is 16.4. The average molecular weight is 277 g/mol. The first kappa shape index (κ1) is 16.1. The van der Waals surface area contributed by atoms with Crippen LogP contribution < -0.4 is 0 Å². The minimum absolute atomic E-state index is 0.0973. The lowest BCUT2D eigenvalue weighted by atomic mass is 9.97. The van der Waals surface area contributed by atoms with Crippen LogP contribution in [0.15, 0.2) is 24.3 Å². The van der Waals surface area contributed by atoms with E-state index in [-0.39, 0.29) is 5.92 Å². The Bertz CT molecular complexity index is 480. The van der Waals surface area contributed by atoms with Gasteiger partial charge in [-0.2, -0.15) is 15.4 Å². The number of carboxylic acid groups (broad SMARTS) is 1. The van der Waals surface area contributed by atoms with Gasteiger partial charge < -0.3 is 5.11 Å². The minimum Gasteiger partial charge on any atom is -0.481 e. The van der Waals surface area contributed by atoms with Crippen LogP contribution in [0.1, 0.15) is 46.0 Å². The number of para-hydroxylation sites is 2. The average Bonchev–Trinajstić information content (AvgIpc) is 2.92. The Morgan fingerprint density at radius 1 is 1.15 bits per heavy atom. The van der Waals surface area contributed by atoms with Gasteiger partial charge in [-0.25, -0.2) is 0 Å². The first-order valence-electron chi connectivity index (χ1n) is 7.17. The van der Waals surface area contributed by atoms with Gasteiger partial charge >= 0.3 is 5.97 Å². The number of nitrogens with zero attached hydrogens (tertiary/aromatic N) is 2. The number of aromatic amines is 1. The zero-order valence-electron chi connectivity index (χ0n) is 12.2. The van der Waals surface area contributed by atoms with E-state index >= 15 is 0 Å². The van der Waals surface area contributed by atoms with Crippen molar-refractivity contribution in [3.8, 4) is 0 Å². The normalized spacial score (nSPS) is 11.7. The van der Waals surface area contributed by atoms with Gasteiger partial charge in [-0.15, -0.1) is 0 Å². The third-order valence-electron chi connectivity index (χ3n) is 3.12. The molecule has 0 aliphatic carbocycles. The second-order valence-electron chi connectivity index (χ2n) is 4.78. The quantitative estimate of drug-likeness (QED) is 0.845. The molecule has 1 heterocycles. The van der Waals surface area contributed by atoms with Crippen LogP contribution >= 0.6 is 0 Å². The molecule has 110 valence electrons. The fourth-order valence-electron chi connectivity index (χ4n) is 1.98. The lowest BCUT2D eigenvalue weighted by Crippen LogP contribution is -2.12. The molecule has 1 aromatic heterocycles. The number of nitrogens with one attached hydrogen (secondary N) is 1. The van der Waals surface area contributed by atoms with E-state index in [1.165, 1.54) is 0 Å². The second kappa shape index (κ2) is 9.07. The van der Waals surface area contributed by atoms with E-state index < -0.39 is 5.97 Å². The van der Waals surface area contributed by atoms with Crippen LogP contribution in [0.3, 0.4) is 0 Å². The Balaban J connectivity index is 0.000000202. The summed E-state index contributed by atoms with van der Waals surface area (Å²) >= 11 is 0. The molecule has 2 N–H and O–H groups in total. The SMILES string of the molecule is CCCCC(CCC)C(=O)O.c1ccc2n[nH]nc2c1.